The summed E-state index contributed by atoms with van der Waals surface area (Å²) < 4.78 is 0. The molecule has 0 aliphatic rings. The van der Waals surface area contributed by atoms with Gasteiger partial charge in [0.1, 0.15) is 0 Å². The van der Waals surface area contributed by atoms with Crippen LogP contribution in [0, 0.1) is 0 Å². The summed E-state index contributed by atoms with van der Waals surface area (Å²) in [6, 6.07) is 27.1. The normalized spacial score (nSPS) is 11.8. The fraction of sp³-hybridized carbons (Fsp3) is 0.240. The van der Waals surface area contributed by atoms with Gasteiger partial charge in [-0.2, -0.15) is 0 Å². The average Bonchev–Trinajstić information content (AvgIpc) is 2.70. The van der Waals surface area contributed by atoms with Crippen LogP contribution in [-0.4, -0.2) is 5.91 Å². The van der Waals surface area contributed by atoms with Crippen LogP contribution in [0.3, 0.4) is 0 Å². The van der Waals surface area contributed by atoms with Gasteiger partial charge in [-0.1, -0.05) is 92.2 Å². The molecule has 2 nitrogen and oxygen atoms in total. The zero-order chi connectivity index (χ0) is 19.1. The van der Waals surface area contributed by atoms with Crippen LogP contribution in [0.1, 0.15) is 43.0 Å². The van der Waals surface area contributed by atoms with Gasteiger partial charge in [0.2, 0.25) is 5.91 Å². The second kappa shape index (κ2) is 9.18. The van der Waals surface area contributed by atoms with Gasteiger partial charge >= 0.3 is 0 Å². The minimum atomic E-state index is 0.0135. The van der Waals surface area contributed by atoms with E-state index in [1.165, 1.54) is 23.1 Å². The molecule has 0 heterocycles. The summed E-state index contributed by atoms with van der Waals surface area (Å²) in [6.07, 6.45) is 2.68. The number of carbonyl (C=O) groups excluding carboxylic acids is 1. The van der Waals surface area contributed by atoms with Gasteiger partial charge < -0.3 is 5.32 Å². The van der Waals surface area contributed by atoms with Crippen LogP contribution in [0.2, 0.25) is 0 Å². The quantitative estimate of drug-likeness (QED) is 0.575. The summed E-state index contributed by atoms with van der Waals surface area (Å²) in [4.78, 5) is 12.3. The minimum Gasteiger partial charge on any atom is -0.349 e. The Hall–Kier alpha value is -2.87. The largest absolute Gasteiger partial charge is 0.349 e. The van der Waals surface area contributed by atoms with Crippen LogP contribution in [0.15, 0.2) is 78.9 Å². The Morgan fingerprint density at radius 2 is 1.37 bits per heavy atom. The lowest BCUT2D eigenvalue weighted by atomic mass is 10.0. The summed E-state index contributed by atoms with van der Waals surface area (Å²) in [6.45, 7) is 4.21. The first kappa shape index (κ1) is 18.9. The third-order valence-electron chi connectivity index (χ3n) is 4.82. The smallest absolute Gasteiger partial charge is 0.224 e. The molecule has 0 aliphatic carbocycles. The van der Waals surface area contributed by atoms with Crippen LogP contribution in [0.5, 0.6) is 0 Å². The molecular formula is C25H27NO. The molecule has 0 spiro atoms. The zero-order valence-corrected chi connectivity index (χ0v) is 16.1. The number of hydrogen-bond acceptors (Lipinski definition) is 1. The van der Waals surface area contributed by atoms with Crippen LogP contribution >= 0.6 is 0 Å². The van der Waals surface area contributed by atoms with E-state index in [1.807, 2.05) is 49.4 Å². The molecule has 3 aromatic rings. The van der Waals surface area contributed by atoms with E-state index < -0.39 is 0 Å². The molecular weight excluding hydrogens is 330 g/mol. The van der Waals surface area contributed by atoms with E-state index in [9.17, 15) is 4.79 Å². The van der Waals surface area contributed by atoms with Crippen molar-refractivity contribution in [1.82, 2.24) is 5.32 Å². The third kappa shape index (κ3) is 5.30. The second-order valence-electron chi connectivity index (χ2n) is 7.02. The second-order valence-corrected chi connectivity index (χ2v) is 7.02. The van der Waals surface area contributed by atoms with E-state index in [-0.39, 0.29) is 11.9 Å². The van der Waals surface area contributed by atoms with Crippen molar-refractivity contribution in [2.24, 2.45) is 0 Å². The van der Waals surface area contributed by atoms with Crippen LogP contribution < -0.4 is 5.32 Å². The predicted molar refractivity (Wildman–Crippen MR) is 113 cm³/mol. The Morgan fingerprint density at radius 1 is 0.815 bits per heavy atom. The van der Waals surface area contributed by atoms with Gasteiger partial charge in [-0.05, 0) is 41.2 Å². The van der Waals surface area contributed by atoms with E-state index in [0.29, 0.717) is 6.42 Å². The highest BCUT2D eigenvalue weighted by Gasteiger charge is 2.10. The standard InChI is InChI=1S/C25H27NO/c1-3-7-20-10-14-23(15-11-20)24-16-12-21(13-17-24)18-25(27)26-19(2)22-8-5-4-6-9-22/h4-6,8-17,19H,3,7,18H2,1-2H3,(H,26,27). The van der Waals surface area contributed by atoms with Crippen molar-refractivity contribution < 1.29 is 4.79 Å². The lowest BCUT2D eigenvalue weighted by molar-refractivity contribution is -0.121. The van der Waals surface area contributed by atoms with E-state index >= 15 is 0 Å². The van der Waals surface area contributed by atoms with E-state index in [2.05, 4.69) is 48.6 Å². The molecule has 0 fully saturated rings. The van der Waals surface area contributed by atoms with Crippen molar-refractivity contribution in [1.29, 1.82) is 0 Å². The molecule has 1 amide bonds. The molecule has 0 aromatic heterocycles. The highest BCUT2D eigenvalue weighted by Crippen LogP contribution is 2.21. The molecule has 0 bridgehead atoms. The van der Waals surface area contributed by atoms with Gasteiger partial charge in [-0.15, -0.1) is 0 Å². The molecule has 0 saturated carbocycles. The van der Waals surface area contributed by atoms with Crippen molar-refractivity contribution in [3.63, 3.8) is 0 Å². The van der Waals surface area contributed by atoms with Crippen molar-refractivity contribution >= 4 is 5.91 Å². The number of amides is 1. The van der Waals surface area contributed by atoms with Crippen molar-refractivity contribution in [3.8, 4) is 11.1 Å². The lowest BCUT2D eigenvalue weighted by Crippen LogP contribution is -2.28. The Balaban J connectivity index is 1.59. The van der Waals surface area contributed by atoms with Gasteiger partial charge in [0, 0.05) is 0 Å². The van der Waals surface area contributed by atoms with Gasteiger partial charge in [-0.3, -0.25) is 4.79 Å². The molecule has 1 unspecified atom stereocenters. The minimum absolute atomic E-state index is 0.0135. The first-order chi connectivity index (χ1) is 13.2. The molecule has 1 atom stereocenters. The molecule has 138 valence electrons. The molecule has 27 heavy (non-hydrogen) atoms. The molecule has 3 aromatic carbocycles. The predicted octanol–water partition coefficient (Wildman–Crippen LogP) is 5.73. The highest BCUT2D eigenvalue weighted by molar-refractivity contribution is 5.79. The number of benzene rings is 3. The van der Waals surface area contributed by atoms with Crippen LogP contribution in [0.25, 0.3) is 11.1 Å². The van der Waals surface area contributed by atoms with Gasteiger partial charge in [0.15, 0.2) is 0 Å². The molecule has 2 heteroatoms. The average molecular weight is 357 g/mol. The van der Waals surface area contributed by atoms with Crippen molar-refractivity contribution in [3.05, 3.63) is 95.6 Å². The van der Waals surface area contributed by atoms with Gasteiger partial charge in [0.25, 0.3) is 0 Å². The fourth-order valence-corrected chi connectivity index (χ4v) is 3.27. The number of rotatable bonds is 7. The number of aryl methyl sites for hydroxylation is 1. The molecule has 0 radical (unpaired) electrons. The monoisotopic (exact) mass is 357 g/mol. The summed E-state index contributed by atoms with van der Waals surface area (Å²) in [5, 5.41) is 3.07. The molecule has 3 rings (SSSR count). The maximum atomic E-state index is 12.3. The summed E-state index contributed by atoms with van der Waals surface area (Å²) in [7, 11) is 0. The van der Waals surface area contributed by atoms with E-state index in [4.69, 9.17) is 0 Å². The Morgan fingerprint density at radius 3 is 1.93 bits per heavy atom. The maximum absolute atomic E-state index is 12.3. The van der Waals surface area contributed by atoms with Gasteiger partial charge in [0.05, 0.1) is 12.5 Å². The first-order valence-corrected chi connectivity index (χ1v) is 9.68. The Kier molecular flexibility index (Phi) is 6.43. The van der Waals surface area contributed by atoms with E-state index in [1.54, 1.807) is 0 Å². The first-order valence-electron chi connectivity index (χ1n) is 9.68. The fourth-order valence-electron chi connectivity index (χ4n) is 3.27. The SMILES string of the molecule is CCCc1ccc(-c2ccc(CC(=O)NC(C)c3ccccc3)cc2)cc1. The Bertz CT molecular complexity index is 851. The zero-order valence-electron chi connectivity index (χ0n) is 16.1. The summed E-state index contributed by atoms with van der Waals surface area (Å²) in [5.74, 6) is 0.0445. The topological polar surface area (TPSA) is 29.1 Å². The van der Waals surface area contributed by atoms with Crippen LogP contribution in [-0.2, 0) is 17.6 Å². The lowest BCUT2D eigenvalue weighted by Gasteiger charge is -2.14. The van der Waals surface area contributed by atoms with Crippen molar-refractivity contribution in [2.75, 3.05) is 0 Å². The summed E-state index contributed by atoms with van der Waals surface area (Å²) >= 11 is 0. The van der Waals surface area contributed by atoms with E-state index in [0.717, 1.165) is 17.5 Å². The molecule has 1 N–H and O–H groups in total. The summed E-state index contributed by atoms with van der Waals surface area (Å²) in [5.41, 5.74) is 5.91. The maximum Gasteiger partial charge on any atom is 0.224 e. The number of carbonyl (C=O) groups is 1. The third-order valence-corrected chi connectivity index (χ3v) is 4.82. The highest BCUT2D eigenvalue weighted by atomic mass is 16.1. The number of nitrogens with one attached hydrogen (secondary N) is 1. The van der Waals surface area contributed by atoms with Gasteiger partial charge in [-0.25, -0.2) is 0 Å². The van der Waals surface area contributed by atoms with Crippen molar-refractivity contribution in [2.45, 2.75) is 39.2 Å². The number of hydrogen-bond donors (Lipinski definition) is 1. The Labute approximate surface area is 162 Å². The van der Waals surface area contributed by atoms with Crippen LogP contribution in [0.4, 0.5) is 0 Å². The molecule has 0 saturated heterocycles. The molecule has 0 aliphatic heterocycles.